The van der Waals surface area contributed by atoms with Gasteiger partial charge in [0.05, 0.1) is 16.8 Å². The van der Waals surface area contributed by atoms with Crippen LogP contribution in [0.4, 0.5) is 5.69 Å². The molecule has 22 heavy (non-hydrogen) atoms. The number of phenolic OH excluding ortho intramolecular Hbond substituents is 1. The lowest BCUT2D eigenvalue weighted by atomic mass is 10.0. The normalized spacial score (nSPS) is 19.2. The Bertz CT molecular complexity index is 882. The minimum atomic E-state index is -0.344. The van der Waals surface area contributed by atoms with Crippen molar-refractivity contribution < 1.29 is 19.4 Å². The molecule has 0 fully saturated rings. The smallest absolute Gasteiger partial charge is 0.262 e. The highest BCUT2D eigenvalue weighted by Gasteiger charge is 2.39. The number of anilines is 1. The van der Waals surface area contributed by atoms with E-state index in [2.05, 4.69) is 0 Å². The second-order valence-electron chi connectivity index (χ2n) is 5.20. The number of benzene rings is 2. The van der Waals surface area contributed by atoms with Crippen LogP contribution in [0.5, 0.6) is 11.5 Å². The monoisotopic (exact) mass is 293 g/mol. The molecule has 5 nitrogen and oxygen atoms in total. The van der Waals surface area contributed by atoms with Crippen LogP contribution < -0.4 is 9.64 Å². The van der Waals surface area contributed by atoms with Gasteiger partial charge in [-0.3, -0.25) is 9.59 Å². The molecule has 1 amide bonds. The van der Waals surface area contributed by atoms with Gasteiger partial charge < -0.3 is 14.7 Å². The Morgan fingerprint density at radius 1 is 1.05 bits per heavy atom. The minimum Gasteiger partial charge on any atom is -0.508 e. The maximum Gasteiger partial charge on any atom is 0.262 e. The molecule has 2 aliphatic rings. The van der Waals surface area contributed by atoms with Gasteiger partial charge in [0.2, 0.25) is 5.78 Å². The number of para-hydroxylation sites is 1. The molecule has 0 radical (unpaired) electrons. The van der Waals surface area contributed by atoms with Crippen LogP contribution in [0, 0.1) is 0 Å². The van der Waals surface area contributed by atoms with Gasteiger partial charge in [0.15, 0.2) is 5.76 Å². The average molecular weight is 293 g/mol. The van der Waals surface area contributed by atoms with E-state index in [4.69, 9.17) is 4.74 Å². The first-order valence-electron chi connectivity index (χ1n) is 6.75. The summed E-state index contributed by atoms with van der Waals surface area (Å²) >= 11 is 0. The topological polar surface area (TPSA) is 66.8 Å². The average Bonchev–Trinajstić information content (AvgIpc) is 2.95. The Hall–Kier alpha value is -3.08. The summed E-state index contributed by atoms with van der Waals surface area (Å²) in [6.07, 6.45) is 0. The van der Waals surface area contributed by atoms with E-state index in [1.165, 1.54) is 23.1 Å². The Kier molecular flexibility index (Phi) is 2.42. The van der Waals surface area contributed by atoms with Gasteiger partial charge in [0.25, 0.3) is 5.91 Å². The van der Waals surface area contributed by atoms with Crippen molar-refractivity contribution in [1.82, 2.24) is 0 Å². The summed E-state index contributed by atoms with van der Waals surface area (Å²) in [7, 11) is 1.66. The van der Waals surface area contributed by atoms with Gasteiger partial charge in [-0.25, -0.2) is 0 Å². The maximum atomic E-state index is 12.5. The fraction of sp³-hybridized carbons (Fsp3) is 0.0588. The van der Waals surface area contributed by atoms with E-state index in [1.807, 2.05) is 18.2 Å². The predicted molar refractivity (Wildman–Crippen MR) is 79.8 cm³/mol. The second-order valence-corrected chi connectivity index (χ2v) is 5.20. The SMILES string of the molecule is CN1C(=O)/C(=C2\Oc3cc(O)ccc3C2=O)c2ccccc21. The number of carbonyl (C=O) groups excluding carboxylic acids is 2. The zero-order valence-corrected chi connectivity index (χ0v) is 11.7. The molecule has 0 spiro atoms. The number of aromatic hydroxyl groups is 1. The van der Waals surface area contributed by atoms with E-state index in [0.717, 1.165) is 5.69 Å². The Morgan fingerprint density at radius 3 is 2.64 bits per heavy atom. The molecule has 1 N–H and O–H groups in total. The summed E-state index contributed by atoms with van der Waals surface area (Å²) in [4.78, 5) is 26.5. The van der Waals surface area contributed by atoms with Crippen LogP contribution in [0.2, 0.25) is 0 Å². The van der Waals surface area contributed by atoms with Crippen LogP contribution in [-0.4, -0.2) is 23.8 Å². The molecule has 5 heteroatoms. The number of amides is 1. The zero-order chi connectivity index (χ0) is 15.4. The molecule has 108 valence electrons. The summed E-state index contributed by atoms with van der Waals surface area (Å²) in [5.41, 5.74) is 2.03. The first kappa shape index (κ1) is 12.6. The molecule has 0 atom stereocenters. The van der Waals surface area contributed by atoms with Crippen LogP contribution in [0.3, 0.4) is 0 Å². The first-order chi connectivity index (χ1) is 10.6. The summed E-state index contributed by atoms with van der Waals surface area (Å²) in [5.74, 6) is -0.326. The van der Waals surface area contributed by atoms with Gasteiger partial charge in [-0.1, -0.05) is 18.2 Å². The molecule has 0 saturated carbocycles. The van der Waals surface area contributed by atoms with Gasteiger partial charge >= 0.3 is 0 Å². The number of hydrogen-bond donors (Lipinski definition) is 1. The predicted octanol–water partition coefficient (Wildman–Crippen LogP) is 2.36. The number of rotatable bonds is 0. The molecule has 2 heterocycles. The van der Waals surface area contributed by atoms with Crippen molar-refractivity contribution in [2.45, 2.75) is 0 Å². The molecule has 0 aliphatic carbocycles. The standard InChI is InChI=1S/C17H11NO4/c1-18-12-5-3-2-4-10(12)14(17(18)21)16-15(20)11-7-6-9(19)8-13(11)22-16/h2-8,19H,1H3/b16-14-. The van der Waals surface area contributed by atoms with Gasteiger partial charge in [-0.2, -0.15) is 0 Å². The molecule has 2 aromatic carbocycles. The van der Waals surface area contributed by atoms with Crippen molar-refractivity contribution in [3.63, 3.8) is 0 Å². The molecule has 0 unspecified atom stereocenters. The highest BCUT2D eigenvalue weighted by Crippen LogP contribution is 2.42. The van der Waals surface area contributed by atoms with Gasteiger partial charge in [0.1, 0.15) is 11.5 Å². The van der Waals surface area contributed by atoms with Crippen LogP contribution in [-0.2, 0) is 4.79 Å². The van der Waals surface area contributed by atoms with Crippen molar-refractivity contribution in [1.29, 1.82) is 0 Å². The third-order valence-corrected chi connectivity index (χ3v) is 3.91. The summed E-state index contributed by atoms with van der Waals surface area (Å²) < 4.78 is 5.58. The van der Waals surface area contributed by atoms with E-state index in [0.29, 0.717) is 11.1 Å². The fourth-order valence-corrected chi connectivity index (χ4v) is 2.82. The van der Waals surface area contributed by atoms with Crippen molar-refractivity contribution in [2.75, 3.05) is 11.9 Å². The minimum absolute atomic E-state index is 0.00747. The number of hydrogen-bond acceptors (Lipinski definition) is 4. The number of ketones is 1. The highest BCUT2D eigenvalue weighted by molar-refractivity contribution is 6.37. The first-order valence-corrected chi connectivity index (χ1v) is 6.75. The number of carbonyl (C=O) groups is 2. The number of allylic oxidation sites excluding steroid dienone is 1. The molecule has 2 aliphatic heterocycles. The molecule has 2 aromatic rings. The second kappa shape index (κ2) is 4.21. The molecule has 4 rings (SSSR count). The lowest BCUT2D eigenvalue weighted by Crippen LogP contribution is -2.22. The maximum absolute atomic E-state index is 12.5. The Morgan fingerprint density at radius 2 is 1.82 bits per heavy atom. The van der Waals surface area contributed by atoms with Crippen molar-refractivity contribution in [2.24, 2.45) is 0 Å². The van der Waals surface area contributed by atoms with Crippen LogP contribution in [0.1, 0.15) is 15.9 Å². The van der Waals surface area contributed by atoms with Gasteiger partial charge in [-0.05, 0) is 18.2 Å². The molecule has 0 aromatic heterocycles. The van der Waals surface area contributed by atoms with Crippen molar-refractivity contribution in [3.8, 4) is 11.5 Å². The molecular formula is C17H11NO4. The number of likely N-dealkylation sites (N-methyl/N-ethyl adjacent to an activating group) is 1. The number of Topliss-reactive ketones (excluding diaryl/α,β-unsaturated/α-hetero) is 1. The van der Waals surface area contributed by atoms with Gasteiger partial charge in [0, 0.05) is 18.7 Å². The highest BCUT2D eigenvalue weighted by atomic mass is 16.5. The molecule has 0 saturated heterocycles. The van der Waals surface area contributed by atoms with Crippen molar-refractivity contribution >= 4 is 23.0 Å². The quantitative estimate of drug-likeness (QED) is 0.757. The number of fused-ring (bicyclic) bond motifs is 2. The van der Waals surface area contributed by atoms with Crippen molar-refractivity contribution in [3.05, 3.63) is 59.4 Å². The van der Waals surface area contributed by atoms with E-state index in [1.54, 1.807) is 13.1 Å². The third kappa shape index (κ3) is 1.53. The lowest BCUT2D eigenvalue weighted by molar-refractivity contribution is -0.112. The summed E-state index contributed by atoms with van der Waals surface area (Å²) in [6.45, 7) is 0. The largest absolute Gasteiger partial charge is 0.508 e. The van der Waals surface area contributed by atoms with E-state index >= 15 is 0 Å². The zero-order valence-electron chi connectivity index (χ0n) is 11.7. The van der Waals surface area contributed by atoms with E-state index in [-0.39, 0.29) is 34.5 Å². The number of nitrogens with zero attached hydrogens (tertiary/aromatic N) is 1. The Balaban J connectivity index is 1.94. The molecular weight excluding hydrogens is 282 g/mol. The fourth-order valence-electron chi connectivity index (χ4n) is 2.82. The van der Waals surface area contributed by atoms with Crippen LogP contribution >= 0.6 is 0 Å². The Labute approximate surface area is 126 Å². The molecule has 0 bridgehead atoms. The van der Waals surface area contributed by atoms with Crippen LogP contribution in [0.15, 0.2) is 48.2 Å². The third-order valence-electron chi connectivity index (χ3n) is 3.91. The van der Waals surface area contributed by atoms with E-state index < -0.39 is 0 Å². The van der Waals surface area contributed by atoms with E-state index in [9.17, 15) is 14.7 Å². The van der Waals surface area contributed by atoms with Gasteiger partial charge in [-0.15, -0.1) is 0 Å². The van der Waals surface area contributed by atoms with Crippen LogP contribution in [0.25, 0.3) is 5.57 Å². The lowest BCUT2D eigenvalue weighted by Gasteiger charge is -2.08. The summed E-state index contributed by atoms with van der Waals surface area (Å²) in [6, 6.07) is 11.5. The number of ether oxygens (including phenoxy) is 1. The number of phenols is 1. The summed E-state index contributed by atoms with van der Waals surface area (Å²) in [5, 5.41) is 9.50.